The molecule has 0 aliphatic rings. The Labute approximate surface area is 179 Å². The number of hydrogen-bond donors (Lipinski definition) is 0. The zero-order chi connectivity index (χ0) is 22.0. The number of imidazole rings is 1. The van der Waals surface area contributed by atoms with Gasteiger partial charge in [-0.25, -0.2) is 13.8 Å². The first-order valence-corrected chi connectivity index (χ1v) is 10.2. The quantitative estimate of drug-likeness (QED) is 0.408. The van der Waals surface area contributed by atoms with Gasteiger partial charge in [0.25, 0.3) is 5.91 Å². The number of fused-ring (bicyclic) bond motifs is 1. The van der Waals surface area contributed by atoms with Gasteiger partial charge in [-0.05, 0) is 42.3 Å². The minimum atomic E-state index is -0.865. The molecular formula is C25H23F2N3O. The lowest BCUT2D eigenvalue weighted by Gasteiger charge is -2.25. The summed E-state index contributed by atoms with van der Waals surface area (Å²) in [5.41, 5.74) is 2.51. The van der Waals surface area contributed by atoms with Gasteiger partial charge in [-0.2, -0.15) is 0 Å². The molecule has 158 valence electrons. The fourth-order valence-corrected chi connectivity index (χ4v) is 3.71. The average Bonchev–Trinajstić information content (AvgIpc) is 3.11. The van der Waals surface area contributed by atoms with Crippen molar-refractivity contribution >= 4 is 16.9 Å². The summed E-state index contributed by atoms with van der Waals surface area (Å²) >= 11 is 0. The molecule has 0 bridgehead atoms. The third-order valence-corrected chi connectivity index (χ3v) is 5.01. The first-order chi connectivity index (χ1) is 14.9. The molecule has 6 heteroatoms. The molecule has 1 amide bonds. The van der Waals surface area contributed by atoms with E-state index in [-0.39, 0.29) is 18.0 Å². The van der Waals surface area contributed by atoms with Crippen molar-refractivity contribution in [2.45, 2.75) is 20.4 Å². The van der Waals surface area contributed by atoms with E-state index in [2.05, 4.69) is 0 Å². The summed E-state index contributed by atoms with van der Waals surface area (Å²) in [5, 5.41) is 0. The van der Waals surface area contributed by atoms with Crippen molar-refractivity contribution in [1.29, 1.82) is 0 Å². The molecule has 0 radical (unpaired) electrons. The lowest BCUT2D eigenvalue weighted by atomic mass is 10.1. The Morgan fingerprint density at radius 1 is 1.00 bits per heavy atom. The number of aromatic nitrogens is 2. The lowest BCUT2D eigenvalue weighted by Crippen LogP contribution is -2.35. The molecular weight excluding hydrogens is 396 g/mol. The number of para-hydroxylation sites is 3. The van der Waals surface area contributed by atoms with Crippen LogP contribution in [0.4, 0.5) is 8.78 Å². The second-order valence-electron chi connectivity index (χ2n) is 7.89. The largest absolute Gasteiger partial charge is 0.331 e. The maximum Gasteiger partial charge on any atom is 0.257 e. The topological polar surface area (TPSA) is 38.1 Å². The summed E-state index contributed by atoms with van der Waals surface area (Å²) in [7, 11) is 0. The van der Waals surface area contributed by atoms with Crippen molar-refractivity contribution in [2.24, 2.45) is 5.92 Å². The van der Waals surface area contributed by atoms with E-state index in [4.69, 9.17) is 4.98 Å². The number of nitrogens with zero attached hydrogens (tertiary/aromatic N) is 3. The van der Waals surface area contributed by atoms with Crippen LogP contribution in [0, 0.1) is 17.6 Å². The van der Waals surface area contributed by atoms with Gasteiger partial charge in [0.1, 0.15) is 17.5 Å². The molecule has 0 atom stereocenters. The Morgan fingerprint density at radius 2 is 1.71 bits per heavy atom. The highest BCUT2D eigenvalue weighted by Crippen LogP contribution is 2.24. The Balaban J connectivity index is 1.78. The van der Waals surface area contributed by atoms with Crippen molar-refractivity contribution in [2.75, 3.05) is 6.54 Å². The summed E-state index contributed by atoms with van der Waals surface area (Å²) in [6, 6.07) is 20.6. The van der Waals surface area contributed by atoms with Crippen LogP contribution >= 0.6 is 0 Å². The molecule has 0 unspecified atom stereocenters. The number of rotatable bonds is 6. The van der Waals surface area contributed by atoms with E-state index in [0.29, 0.717) is 12.4 Å². The van der Waals surface area contributed by atoms with Crippen molar-refractivity contribution in [3.63, 3.8) is 0 Å². The molecule has 0 spiro atoms. The molecule has 0 aliphatic carbocycles. The van der Waals surface area contributed by atoms with Gasteiger partial charge in [0, 0.05) is 18.3 Å². The second-order valence-corrected chi connectivity index (χ2v) is 7.89. The van der Waals surface area contributed by atoms with E-state index < -0.39 is 17.5 Å². The zero-order valence-electron chi connectivity index (χ0n) is 17.4. The van der Waals surface area contributed by atoms with Gasteiger partial charge < -0.3 is 4.90 Å². The zero-order valence-corrected chi connectivity index (χ0v) is 17.4. The van der Waals surface area contributed by atoms with Crippen LogP contribution in [0.25, 0.3) is 16.7 Å². The fraction of sp³-hybridized carbons (Fsp3) is 0.200. The number of halogens is 2. The van der Waals surface area contributed by atoms with Gasteiger partial charge in [0.05, 0.1) is 23.1 Å². The van der Waals surface area contributed by atoms with Gasteiger partial charge in [0.2, 0.25) is 0 Å². The lowest BCUT2D eigenvalue weighted by molar-refractivity contribution is 0.0712. The van der Waals surface area contributed by atoms with Crippen LogP contribution in [0.2, 0.25) is 0 Å². The smallest absolute Gasteiger partial charge is 0.257 e. The van der Waals surface area contributed by atoms with Gasteiger partial charge in [0.15, 0.2) is 0 Å². The Bertz CT molecular complexity index is 1220. The molecule has 4 nitrogen and oxygen atoms in total. The van der Waals surface area contributed by atoms with E-state index in [0.717, 1.165) is 28.9 Å². The molecule has 4 aromatic rings. The molecule has 0 saturated heterocycles. The first kappa shape index (κ1) is 20.7. The van der Waals surface area contributed by atoms with E-state index in [1.54, 1.807) is 4.90 Å². The highest BCUT2D eigenvalue weighted by atomic mass is 19.1. The van der Waals surface area contributed by atoms with Crippen molar-refractivity contribution in [1.82, 2.24) is 14.5 Å². The number of benzene rings is 3. The Hall–Kier alpha value is -3.54. The number of amides is 1. The van der Waals surface area contributed by atoms with Crippen LogP contribution < -0.4 is 0 Å². The van der Waals surface area contributed by atoms with Crippen LogP contribution in [-0.2, 0) is 6.54 Å². The van der Waals surface area contributed by atoms with Crippen LogP contribution in [0.5, 0.6) is 0 Å². The van der Waals surface area contributed by atoms with E-state index >= 15 is 0 Å². The summed E-state index contributed by atoms with van der Waals surface area (Å²) in [5.74, 6) is -1.24. The molecule has 4 rings (SSSR count). The maximum absolute atomic E-state index is 14.3. The van der Waals surface area contributed by atoms with Gasteiger partial charge in [-0.15, -0.1) is 0 Å². The first-order valence-electron chi connectivity index (χ1n) is 10.2. The predicted octanol–water partition coefficient (Wildman–Crippen LogP) is 5.60. The van der Waals surface area contributed by atoms with E-state index in [9.17, 15) is 13.6 Å². The minimum absolute atomic E-state index is 0.149. The summed E-state index contributed by atoms with van der Waals surface area (Å²) in [4.78, 5) is 19.5. The van der Waals surface area contributed by atoms with Gasteiger partial charge in [-0.3, -0.25) is 9.36 Å². The van der Waals surface area contributed by atoms with Crippen LogP contribution in [0.1, 0.15) is 30.0 Å². The summed E-state index contributed by atoms with van der Waals surface area (Å²) < 4.78 is 29.7. The van der Waals surface area contributed by atoms with Crippen molar-refractivity contribution < 1.29 is 13.6 Å². The standard InChI is InChI=1S/C25H23F2N3O/c1-17(2)15-29(25(31)20-13-12-18(26)14-21(20)27)16-24-28-22-10-6-7-11-23(22)30(24)19-8-4-3-5-9-19/h3-14,17H,15-16H2,1-2H3. The average molecular weight is 419 g/mol. The monoisotopic (exact) mass is 419 g/mol. The molecule has 0 N–H and O–H groups in total. The summed E-state index contributed by atoms with van der Waals surface area (Å²) in [6.07, 6.45) is 0. The normalized spacial score (nSPS) is 11.3. The predicted molar refractivity (Wildman–Crippen MR) is 117 cm³/mol. The third-order valence-electron chi connectivity index (χ3n) is 5.01. The molecule has 31 heavy (non-hydrogen) atoms. The maximum atomic E-state index is 14.3. The van der Waals surface area contributed by atoms with E-state index in [1.807, 2.05) is 73.0 Å². The molecule has 3 aromatic carbocycles. The molecule has 1 heterocycles. The third kappa shape index (κ3) is 4.33. The molecule has 0 aliphatic heterocycles. The van der Waals surface area contributed by atoms with Crippen LogP contribution in [-0.4, -0.2) is 26.9 Å². The molecule has 1 aromatic heterocycles. The van der Waals surface area contributed by atoms with E-state index in [1.165, 1.54) is 6.07 Å². The van der Waals surface area contributed by atoms with Crippen molar-refractivity contribution in [3.8, 4) is 5.69 Å². The highest BCUT2D eigenvalue weighted by molar-refractivity contribution is 5.94. The number of hydrogen-bond acceptors (Lipinski definition) is 2. The van der Waals surface area contributed by atoms with Crippen LogP contribution in [0.15, 0.2) is 72.8 Å². The SMILES string of the molecule is CC(C)CN(Cc1nc2ccccc2n1-c1ccccc1)C(=O)c1ccc(F)cc1F. The minimum Gasteiger partial charge on any atom is -0.331 e. The number of carbonyl (C=O) groups excluding carboxylic acids is 1. The van der Waals surface area contributed by atoms with Crippen molar-refractivity contribution in [3.05, 3.63) is 95.8 Å². The fourth-order valence-electron chi connectivity index (χ4n) is 3.71. The highest BCUT2D eigenvalue weighted by Gasteiger charge is 2.23. The van der Waals surface area contributed by atoms with Crippen LogP contribution in [0.3, 0.4) is 0 Å². The second kappa shape index (κ2) is 8.68. The van der Waals surface area contributed by atoms with Gasteiger partial charge in [-0.1, -0.05) is 44.2 Å². The Kier molecular flexibility index (Phi) is 5.80. The Morgan fingerprint density at radius 3 is 2.42 bits per heavy atom. The van der Waals surface area contributed by atoms with Gasteiger partial charge >= 0.3 is 0 Å². The molecule has 0 fully saturated rings. The molecule has 0 saturated carbocycles. The number of carbonyl (C=O) groups is 1. The summed E-state index contributed by atoms with van der Waals surface area (Å²) in [6.45, 7) is 4.58.